The molecule has 5 heteroatoms. The number of hydrogen-bond acceptors (Lipinski definition) is 3. The second-order valence-corrected chi connectivity index (χ2v) is 6.68. The van der Waals surface area contributed by atoms with Crippen molar-refractivity contribution in [2.75, 3.05) is 5.73 Å². The average Bonchev–Trinajstić information content (AvgIpc) is 2.53. The zero-order chi connectivity index (χ0) is 13.5. The molecule has 0 spiro atoms. The first-order valence-electron chi connectivity index (χ1n) is 5.58. The van der Waals surface area contributed by atoms with E-state index in [1.54, 1.807) is 6.07 Å². The Balaban J connectivity index is 2.46. The Hall–Kier alpha value is -1.26. The SMILES string of the molecule is CC(C)(C)NC(=O)c1sc2cc(Cl)ccc2c1N. The topological polar surface area (TPSA) is 55.1 Å². The van der Waals surface area contributed by atoms with E-state index < -0.39 is 0 Å². The van der Waals surface area contributed by atoms with Crippen LogP contribution in [0.3, 0.4) is 0 Å². The number of anilines is 1. The maximum atomic E-state index is 12.1. The minimum atomic E-state index is -0.280. The van der Waals surface area contributed by atoms with E-state index in [2.05, 4.69) is 5.32 Å². The monoisotopic (exact) mass is 282 g/mol. The van der Waals surface area contributed by atoms with Crippen LogP contribution < -0.4 is 11.1 Å². The van der Waals surface area contributed by atoms with Crippen molar-refractivity contribution in [3.05, 3.63) is 28.1 Å². The molecule has 0 bridgehead atoms. The molecule has 0 fully saturated rings. The van der Waals surface area contributed by atoms with Crippen LogP contribution in [0, 0.1) is 0 Å². The van der Waals surface area contributed by atoms with Crippen LogP contribution in [0.4, 0.5) is 5.69 Å². The molecule has 1 aromatic carbocycles. The van der Waals surface area contributed by atoms with Gasteiger partial charge in [-0.2, -0.15) is 0 Å². The van der Waals surface area contributed by atoms with Gasteiger partial charge in [0.15, 0.2) is 0 Å². The summed E-state index contributed by atoms with van der Waals surface area (Å²) in [6, 6.07) is 5.45. The summed E-state index contributed by atoms with van der Waals surface area (Å²) in [6.07, 6.45) is 0. The lowest BCUT2D eigenvalue weighted by Crippen LogP contribution is -2.40. The van der Waals surface area contributed by atoms with Crippen molar-refractivity contribution in [3.63, 3.8) is 0 Å². The first-order valence-corrected chi connectivity index (χ1v) is 6.77. The fourth-order valence-corrected chi connectivity index (χ4v) is 2.95. The molecule has 3 nitrogen and oxygen atoms in total. The van der Waals surface area contributed by atoms with Gasteiger partial charge in [0.1, 0.15) is 4.88 Å². The molecule has 1 aromatic heterocycles. The van der Waals surface area contributed by atoms with E-state index in [-0.39, 0.29) is 11.4 Å². The molecule has 0 saturated heterocycles. The number of halogens is 1. The number of thiophene rings is 1. The molecule has 0 saturated carbocycles. The molecule has 18 heavy (non-hydrogen) atoms. The molecule has 3 N–H and O–H groups in total. The highest BCUT2D eigenvalue weighted by Gasteiger charge is 2.20. The third kappa shape index (κ3) is 2.60. The second-order valence-electron chi connectivity index (χ2n) is 5.19. The van der Waals surface area contributed by atoms with Gasteiger partial charge in [-0.05, 0) is 39.0 Å². The number of carbonyl (C=O) groups excluding carboxylic acids is 1. The molecule has 1 amide bonds. The smallest absolute Gasteiger partial charge is 0.263 e. The van der Waals surface area contributed by atoms with Gasteiger partial charge >= 0.3 is 0 Å². The molecule has 0 aliphatic heterocycles. The Morgan fingerprint density at radius 3 is 2.67 bits per heavy atom. The second kappa shape index (κ2) is 4.44. The van der Waals surface area contributed by atoms with E-state index in [0.29, 0.717) is 15.6 Å². The van der Waals surface area contributed by atoms with E-state index >= 15 is 0 Å². The number of benzene rings is 1. The molecule has 2 rings (SSSR count). The molecule has 96 valence electrons. The standard InChI is InChI=1S/C13H15ClN2OS/c1-13(2,3)16-12(17)11-10(15)8-5-4-7(14)6-9(8)18-11/h4-6H,15H2,1-3H3,(H,16,17). The number of amides is 1. The Bertz CT molecular complexity index is 613. The summed E-state index contributed by atoms with van der Waals surface area (Å²) in [5, 5.41) is 4.43. The largest absolute Gasteiger partial charge is 0.397 e. The molecule has 2 aromatic rings. The van der Waals surface area contributed by atoms with Gasteiger partial charge in [-0.15, -0.1) is 11.3 Å². The van der Waals surface area contributed by atoms with Gasteiger partial charge in [0.25, 0.3) is 5.91 Å². The zero-order valence-electron chi connectivity index (χ0n) is 10.5. The van der Waals surface area contributed by atoms with Gasteiger partial charge in [0.05, 0.1) is 5.69 Å². The van der Waals surface area contributed by atoms with Crippen LogP contribution in [-0.4, -0.2) is 11.4 Å². The lowest BCUT2D eigenvalue weighted by molar-refractivity contribution is 0.0924. The average molecular weight is 283 g/mol. The van der Waals surface area contributed by atoms with E-state index in [4.69, 9.17) is 17.3 Å². The van der Waals surface area contributed by atoms with Crippen LogP contribution in [0.5, 0.6) is 0 Å². The molecular weight excluding hydrogens is 268 g/mol. The highest BCUT2D eigenvalue weighted by atomic mass is 35.5. The van der Waals surface area contributed by atoms with Gasteiger partial charge in [0, 0.05) is 20.6 Å². The van der Waals surface area contributed by atoms with Gasteiger partial charge in [-0.25, -0.2) is 0 Å². The number of nitrogen functional groups attached to an aromatic ring is 1. The summed E-state index contributed by atoms with van der Waals surface area (Å²) >= 11 is 7.30. The zero-order valence-corrected chi connectivity index (χ0v) is 12.1. The fraction of sp³-hybridized carbons (Fsp3) is 0.308. The summed E-state index contributed by atoms with van der Waals surface area (Å²) in [4.78, 5) is 12.7. The van der Waals surface area contributed by atoms with E-state index in [0.717, 1.165) is 10.1 Å². The van der Waals surface area contributed by atoms with E-state index in [9.17, 15) is 4.79 Å². The minimum Gasteiger partial charge on any atom is -0.397 e. The van der Waals surface area contributed by atoms with Gasteiger partial charge in [-0.1, -0.05) is 11.6 Å². The quantitative estimate of drug-likeness (QED) is 0.838. The Morgan fingerprint density at radius 1 is 1.39 bits per heavy atom. The summed E-state index contributed by atoms with van der Waals surface area (Å²) in [6.45, 7) is 5.81. The third-order valence-electron chi connectivity index (χ3n) is 2.39. The maximum Gasteiger partial charge on any atom is 0.263 e. The molecule has 1 heterocycles. The number of hydrogen-bond donors (Lipinski definition) is 2. The minimum absolute atomic E-state index is 0.141. The molecular formula is C13H15ClN2OS. The highest BCUT2D eigenvalue weighted by molar-refractivity contribution is 7.21. The molecule has 0 aliphatic carbocycles. The lowest BCUT2D eigenvalue weighted by atomic mass is 10.1. The Morgan fingerprint density at radius 2 is 2.06 bits per heavy atom. The fourth-order valence-electron chi connectivity index (χ4n) is 1.66. The van der Waals surface area contributed by atoms with Crippen molar-refractivity contribution < 1.29 is 4.79 Å². The molecule has 0 aliphatic rings. The third-order valence-corrected chi connectivity index (χ3v) is 3.79. The first-order chi connectivity index (χ1) is 8.28. The molecule has 0 unspecified atom stereocenters. The number of rotatable bonds is 1. The van der Waals surface area contributed by atoms with Gasteiger partial charge in [-0.3, -0.25) is 4.79 Å². The van der Waals surface area contributed by atoms with Crippen molar-refractivity contribution in [2.24, 2.45) is 0 Å². The number of carbonyl (C=O) groups is 1. The van der Waals surface area contributed by atoms with Crippen LogP contribution in [0.1, 0.15) is 30.4 Å². The van der Waals surface area contributed by atoms with Crippen LogP contribution in [0.15, 0.2) is 18.2 Å². The predicted octanol–water partition coefficient (Wildman–Crippen LogP) is 3.67. The van der Waals surface area contributed by atoms with Crippen molar-refractivity contribution in [1.82, 2.24) is 5.32 Å². The van der Waals surface area contributed by atoms with E-state index in [1.807, 2.05) is 32.9 Å². The van der Waals surface area contributed by atoms with Gasteiger partial charge < -0.3 is 11.1 Å². The van der Waals surface area contributed by atoms with Crippen molar-refractivity contribution >= 4 is 44.6 Å². The summed E-state index contributed by atoms with van der Waals surface area (Å²) < 4.78 is 0.930. The molecule has 0 radical (unpaired) electrons. The molecule has 0 atom stereocenters. The number of nitrogens with two attached hydrogens (primary N) is 1. The van der Waals surface area contributed by atoms with Crippen LogP contribution in [0.25, 0.3) is 10.1 Å². The number of fused-ring (bicyclic) bond motifs is 1. The van der Waals surface area contributed by atoms with Crippen molar-refractivity contribution in [1.29, 1.82) is 0 Å². The lowest BCUT2D eigenvalue weighted by Gasteiger charge is -2.20. The number of nitrogens with one attached hydrogen (secondary N) is 1. The summed E-state index contributed by atoms with van der Waals surface area (Å²) in [5.41, 5.74) is 6.26. The van der Waals surface area contributed by atoms with Gasteiger partial charge in [0.2, 0.25) is 0 Å². The van der Waals surface area contributed by atoms with Crippen LogP contribution in [0.2, 0.25) is 5.02 Å². The van der Waals surface area contributed by atoms with Crippen LogP contribution in [-0.2, 0) is 0 Å². The summed E-state index contributed by atoms with van der Waals surface area (Å²) in [5.74, 6) is -0.141. The van der Waals surface area contributed by atoms with Crippen molar-refractivity contribution in [3.8, 4) is 0 Å². The van der Waals surface area contributed by atoms with E-state index in [1.165, 1.54) is 11.3 Å². The maximum absolute atomic E-state index is 12.1. The summed E-state index contributed by atoms with van der Waals surface area (Å²) in [7, 11) is 0. The highest BCUT2D eigenvalue weighted by Crippen LogP contribution is 2.35. The normalized spacial score (nSPS) is 11.8. The van der Waals surface area contributed by atoms with Crippen LogP contribution >= 0.6 is 22.9 Å². The van der Waals surface area contributed by atoms with Crippen molar-refractivity contribution in [2.45, 2.75) is 26.3 Å². The predicted molar refractivity (Wildman–Crippen MR) is 78.5 cm³/mol. The first kappa shape index (κ1) is 13.2. The Kier molecular flexibility index (Phi) is 3.25. The Labute approximate surface area is 115 Å².